The first kappa shape index (κ1) is 21.0. The maximum atomic E-state index is 11.9. The molecule has 1 aromatic carbocycles. The van der Waals surface area contributed by atoms with Crippen LogP contribution in [0.1, 0.15) is 24.2 Å². The number of ether oxygens (including phenoxy) is 1. The van der Waals surface area contributed by atoms with Crippen LogP contribution >= 0.6 is 0 Å². The highest BCUT2D eigenvalue weighted by Gasteiger charge is 2.24. The van der Waals surface area contributed by atoms with E-state index >= 15 is 0 Å². The second kappa shape index (κ2) is 8.38. The highest BCUT2D eigenvalue weighted by atomic mass is 32.2. The normalized spacial score (nSPS) is 10.9. The topological polar surface area (TPSA) is 162 Å². The summed E-state index contributed by atoms with van der Waals surface area (Å²) >= 11 is 0. The molecule has 0 aliphatic rings. The van der Waals surface area contributed by atoms with Crippen molar-refractivity contribution in [1.82, 2.24) is 10.6 Å². The van der Waals surface area contributed by atoms with Gasteiger partial charge in [0.15, 0.2) is 16.4 Å². The monoisotopic (exact) mass is 387 g/mol. The maximum Gasteiger partial charge on any atom is 0.338 e. The molecule has 0 aromatic heterocycles. The summed E-state index contributed by atoms with van der Waals surface area (Å²) in [5, 5.41) is 15.3. The van der Waals surface area contributed by atoms with Gasteiger partial charge in [0.2, 0.25) is 0 Å². The van der Waals surface area contributed by atoms with Gasteiger partial charge in [0.05, 0.1) is 10.5 Å². The molecular weight excluding hydrogens is 370 g/mol. The molecule has 0 bridgehead atoms. The number of nitrogens with zero attached hydrogens (tertiary/aromatic N) is 1. The molecule has 142 valence electrons. The molecule has 11 nitrogen and oxygen atoms in total. The van der Waals surface area contributed by atoms with Gasteiger partial charge in [-0.3, -0.25) is 20.2 Å². The first-order valence-electron chi connectivity index (χ1n) is 7.17. The minimum absolute atomic E-state index is 0.209. The predicted octanol–water partition coefficient (Wildman–Crippen LogP) is 0.389. The number of hydrogen-bond donors (Lipinski definition) is 2. The molecule has 0 atom stereocenters. The zero-order chi connectivity index (χ0) is 20.1. The van der Waals surface area contributed by atoms with Crippen LogP contribution in [0.15, 0.2) is 23.1 Å². The molecule has 0 spiro atoms. The van der Waals surface area contributed by atoms with E-state index in [1.807, 2.05) is 5.32 Å². The number of benzene rings is 1. The van der Waals surface area contributed by atoms with Gasteiger partial charge in [-0.2, -0.15) is 0 Å². The van der Waals surface area contributed by atoms with Crippen LogP contribution in [-0.2, 0) is 19.4 Å². The number of carbonyl (C=O) groups is 3. The first-order chi connectivity index (χ1) is 11.9. The average molecular weight is 387 g/mol. The second-order valence-electron chi connectivity index (χ2n) is 5.46. The first-order valence-corrected chi connectivity index (χ1v) is 9.07. The van der Waals surface area contributed by atoms with Crippen LogP contribution in [0, 0.1) is 10.1 Å². The Labute approximate surface area is 148 Å². The van der Waals surface area contributed by atoms with Gasteiger partial charge in [-0.1, -0.05) is 0 Å². The largest absolute Gasteiger partial charge is 0.452 e. The van der Waals surface area contributed by atoms with Gasteiger partial charge < -0.3 is 10.1 Å². The molecule has 0 unspecified atom stereocenters. The Balaban J connectivity index is 2.82. The number of imide groups is 1. The van der Waals surface area contributed by atoms with Crippen molar-refractivity contribution < 1.29 is 32.5 Å². The molecule has 26 heavy (non-hydrogen) atoms. The Kier molecular flexibility index (Phi) is 6.78. The van der Waals surface area contributed by atoms with Crippen molar-refractivity contribution in [1.29, 1.82) is 0 Å². The Hall–Kier alpha value is -3.02. The van der Waals surface area contributed by atoms with Crippen LogP contribution in [0.5, 0.6) is 0 Å². The Morgan fingerprint density at radius 3 is 2.38 bits per heavy atom. The zero-order valence-corrected chi connectivity index (χ0v) is 15.0. The van der Waals surface area contributed by atoms with E-state index < -0.39 is 49.9 Å². The van der Waals surface area contributed by atoms with E-state index in [4.69, 9.17) is 0 Å². The lowest BCUT2D eigenvalue weighted by Gasteiger charge is -2.09. The van der Waals surface area contributed by atoms with Crippen molar-refractivity contribution in [2.75, 3.05) is 12.9 Å². The van der Waals surface area contributed by atoms with Crippen LogP contribution in [0.3, 0.4) is 0 Å². The Morgan fingerprint density at radius 1 is 1.27 bits per heavy atom. The summed E-state index contributed by atoms with van der Waals surface area (Å²) in [6.07, 6.45) is 0.792. The van der Waals surface area contributed by atoms with Crippen LogP contribution in [0.25, 0.3) is 0 Å². The molecule has 0 aliphatic heterocycles. The summed E-state index contributed by atoms with van der Waals surface area (Å²) in [6.45, 7) is 2.56. The lowest BCUT2D eigenvalue weighted by Crippen LogP contribution is -2.44. The van der Waals surface area contributed by atoms with Crippen LogP contribution < -0.4 is 10.6 Å². The van der Waals surface area contributed by atoms with Crippen molar-refractivity contribution in [3.05, 3.63) is 33.9 Å². The molecule has 0 fully saturated rings. The number of amides is 3. The smallest absolute Gasteiger partial charge is 0.338 e. The number of sulfone groups is 1. The fourth-order valence-corrected chi connectivity index (χ4v) is 2.60. The summed E-state index contributed by atoms with van der Waals surface area (Å²) in [5.41, 5.74) is -1.11. The number of carbonyl (C=O) groups excluding carboxylic acids is 3. The molecule has 12 heteroatoms. The van der Waals surface area contributed by atoms with Gasteiger partial charge in [0.25, 0.3) is 11.6 Å². The fraction of sp³-hybridized carbons (Fsp3) is 0.357. The predicted molar refractivity (Wildman–Crippen MR) is 88.3 cm³/mol. The fourth-order valence-electron chi connectivity index (χ4n) is 1.78. The molecule has 1 aromatic rings. The molecule has 0 saturated carbocycles. The minimum Gasteiger partial charge on any atom is -0.452 e. The van der Waals surface area contributed by atoms with Gasteiger partial charge in [-0.05, 0) is 26.0 Å². The van der Waals surface area contributed by atoms with E-state index in [0.717, 1.165) is 24.5 Å². The van der Waals surface area contributed by atoms with Crippen molar-refractivity contribution in [2.24, 2.45) is 0 Å². The van der Waals surface area contributed by atoms with Gasteiger partial charge in [0, 0.05) is 18.4 Å². The molecule has 0 heterocycles. The van der Waals surface area contributed by atoms with E-state index in [1.54, 1.807) is 13.8 Å². The molecular formula is C14H17N3O8S. The molecule has 0 radical (unpaired) electrons. The van der Waals surface area contributed by atoms with Crippen LogP contribution in [0.2, 0.25) is 0 Å². The van der Waals surface area contributed by atoms with E-state index in [1.165, 1.54) is 0 Å². The second-order valence-corrected chi connectivity index (χ2v) is 7.45. The van der Waals surface area contributed by atoms with Gasteiger partial charge in [-0.15, -0.1) is 0 Å². The summed E-state index contributed by atoms with van der Waals surface area (Å²) in [7, 11) is -3.87. The highest BCUT2D eigenvalue weighted by molar-refractivity contribution is 7.90. The highest BCUT2D eigenvalue weighted by Crippen LogP contribution is 2.25. The number of hydrogen-bond acceptors (Lipinski definition) is 8. The molecule has 0 aliphatic carbocycles. The lowest BCUT2D eigenvalue weighted by atomic mass is 10.2. The number of urea groups is 1. The molecule has 3 amide bonds. The zero-order valence-electron chi connectivity index (χ0n) is 14.1. The standard InChI is InChI=1S/C14H17N3O8S/c1-8(2)15-14(20)16-12(18)7-25-13(19)9-4-5-11(26(3,23)24)10(6-9)17(21)22/h4-6,8H,7H2,1-3H3,(H2,15,16,18,20). The van der Waals surface area contributed by atoms with Crippen LogP contribution in [0.4, 0.5) is 10.5 Å². The minimum atomic E-state index is -3.87. The maximum absolute atomic E-state index is 11.9. The Morgan fingerprint density at radius 2 is 1.88 bits per heavy atom. The van der Waals surface area contributed by atoms with E-state index in [0.29, 0.717) is 0 Å². The number of nitro groups is 1. The van der Waals surface area contributed by atoms with E-state index in [-0.39, 0.29) is 11.6 Å². The Bertz CT molecular complexity index is 848. The summed E-state index contributed by atoms with van der Waals surface area (Å²) < 4.78 is 27.7. The van der Waals surface area contributed by atoms with E-state index in [2.05, 4.69) is 10.1 Å². The number of nitrogens with one attached hydrogen (secondary N) is 2. The quantitative estimate of drug-likeness (QED) is 0.402. The number of rotatable bonds is 6. The van der Waals surface area contributed by atoms with E-state index in [9.17, 15) is 32.9 Å². The summed E-state index contributed by atoms with van der Waals surface area (Å²) in [4.78, 5) is 44.2. The van der Waals surface area contributed by atoms with Crippen molar-refractivity contribution in [3.8, 4) is 0 Å². The number of esters is 1. The summed E-state index contributed by atoms with van der Waals surface area (Å²) in [5.74, 6) is -1.99. The SMILES string of the molecule is CC(C)NC(=O)NC(=O)COC(=O)c1ccc(S(C)(=O)=O)c([N+](=O)[O-])c1. The third kappa shape index (κ3) is 6.12. The van der Waals surface area contributed by atoms with Gasteiger partial charge >= 0.3 is 12.0 Å². The van der Waals surface area contributed by atoms with Gasteiger partial charge in [-0.25, -0.2) is 18.0 Å². The van der Waals surface area contributed by atoms with Crippen LogP contribution in [-0.4, -0.2) is 50.2 Å². The third-order valence-electron chi connectivity index (χ3n) is 2.80. The number of nitro benzene ring substituents is 1. The molecule has 2 N–H and O–H groups in total. The molecule has 1 rings (SSSR count). The summed E-state index contributed by atoms with van der Waals surface area (Å²) in [6, 6.07) is 1.69. The van der Waals surface area contributed by atoms with Crippen molar-refractivity contribution >= 4 is 33.4 Å². The van der Waals surface area contributed by atoms with Gasteiger partial charge in [0.1, 0.15) is 4.90 Å². The van der Waals surface area contributed by atoms with Crippen molar-refractivity contribution in [3.63, 3.8) is 0 Å². The molecule has 0 saturated heterocycles. The third-order valence-corrected chi connectivity index (χ3v) is 3.94. The van der Waals surface area contributed by atoms with Crippen molar-refractivity contribution in [2.45, 2.75) is 24.8 Å². The lowest BCUT2D eigenvalue weighted by molar-refractivity contribution is -0.387. The average Bonchev–Trinajstić information content (AvgIpc) is 2.50.